The van der Waals surface area contributed by atoms with E-state index in [1.165, 1.54) is 6.92 Å². The van der Waals surface area contributed by atoms with E-state index >= 15 is 0 Å². The Kier molecular flexibility index (Phi) is 6.19. The monoisotopic (exact) mass is 396 g/mol. The quantitative estimate of drug-likeness (QED) is 0.234. The minimum Gasteiger partial charge on any atom is -0.480 e. The van der Waals surface area contributed by atoms with E-state index in [0.29, 0.717) is 4.90 Å². The summed E-state index contributed by atoms with van der Waals surface area (Å²) in [6, 6.07) is 0. The third-order valence-corrected chi connectivity index (χ3v) is 5.32. The lowest BCUT2D eigenvalue weighted by molar-refractivity contribution is -0.809. The average Bonchev–Trinajstić information content (AvgIpc) is 2.41. The molecule has 0 unspecified atom stereocenters. The molecule has 0 aromatic rings. The minimum absolute atomic E-state index is 0.679. The van der Waals surface area contributed by atoms with Crippen molar-refractivity contribution in [3.05, 3.63) is 20.2 Å². The smallest absolute Gasteiger partial charge is 0.480 e. The van der Waals surface area contributed by atoms with E-state index in [1.807, 2.05) is 5.32 Å². The zero-order valence-electron chi connectivity index (χ0n) is 13.5. The normalized spacial score (nSPS) is 16.9. The van der Waals surface area contributed by atoms with Gasteiger partial charge in [-0.15, -0.1) is 0 Å². The van der Waals surface area contributed by atoms with Crippen LogP contribution in [0, 0.1) is 26.1 Å². The Labute approximate surface area is 146 Å². The molecule has 2 N–H and O–H groups in total. The molecular formula is C11H16N4O10S. The minimum atomic E-state index is -4.10. The number of nitrogens with one attached hydrogen (secondary N) is 1. The van der Waals surface area contributed by atoms with E-state index in [2.05, 4.69) is 0 Å². The first-order valence-electron chi connectivity index (χ1n) is 7.07. The van der Waals surface area contributed by atoms with Crippen LogP contribution < -0.4 is 5.32 Å². The lowest BCUT2D eigenvalue weighted by atomic mass is 10.0. The molecule has 1 rings (SSSR count). The highest BCUT2D eigenvalue weighted by molar-refractivity contribution is 7.92. The summed E-state index contributed by atoms with van der Waals surface area (Å²) < 4.78 is 23.9. The summed E-state index contributed by atoms with van der Waals surface area (Å²) in [6.07, 6.45) is 0. The van der Waals surface area contributed by atoms with Gasteiger partial charge in [-0.2, -0.15) is 0 Å². The highest BCUT2D eigenvalue weighted by atomic mass is 32.2. The average molecular weight is 396 g/mol. The van der Waals surface area contributed by atoms with Crippen molar-refractivity contribution >= 4 is 27.6 Å². The predicted octanol–water partition coefficient (Wildman–Crippen LogP) is -2.67. The van der Waals surface area contributed by atoms with Gasteiger partial charge in [0, 0.05) is 5.92 Å². The van der Waals surface area contributed by atoms with Crippen molar-refractivity contribution in [1.29, 1.82) is 0 Å². The zero-order chi connectivity index (χ0) is 20.3. The SMILES string of the molecule is C[C@@H](CS(=O)(=O)CC(=O)N1CC([N+](=O)[O-])([N+](=O)[O-])C1)C(=O)NCC(=O)O. The molecule has 0 bridgehead atoms. The molecule has 15 heteroatoms. The van der Waals surface area contributed by atoms with Crippen LogP contribution in [0.3, 0.4) is 0 Å². The van der Waals surface area contributed by atoms with Crippen LogP contribution in [0.5, 0.6) is 0 Å². The van der Waals surface area contributed by atoms with Crippen LogP contribution in [0.15, 0.2) is 0 Å². The molecule has 1 atom stereocenters. The van der Waals surface area contributed by atoms with Gasteiger partial charge in [-0.25, -0.2) is 8.42 Å². The largest absolute Gasteiger partial charge is 0.492 e. The molecular weight excluding hydrogens is 380 g/mol. The first-order chi connectivity index (χ1) is 11.8. The van der Waals surface area contributed by atoms with Crippen LogP contribution in [0.4, 0.5) is 0 Å². The van der Waals surface area contributed by atoms with Gasteiger partial charge in [-0.3, -0.25) is 34.6 Å². The number of carboxylic acid groups (broad SMARTS) is 1. The van der Waals surface area contributed by atoms with Gasteiger partial charge in [-0.1, -0.05) is 6.92 Å². The van der Waals surface area contributed by atoms with Crippen molar-refractivity contribution in [1.82, 2.24) is 10.2 Å². The molecule has 1 heterocycles. The van der Waals surface area contributed by atoms with Crippen molar-refractivity contribution in [3.63, 3.8) is 0 Å². The molecule has 2 amide bonds. The Morgan fingerprint density at radius 2 is 1.73 bits per heavy atom. The van der Waals surface area contributed by atoms with Crippen LogP contribution in [-0.2, 0) is 24.2 Å². The molecule has 14 nitrogen and oxygen atoms in total. The van der Waals surface area contributed by atoms with E-state index in [9.17, 15) is 43.0 Å². The molecule has 26 heavy (non-hydrogen) atoms. The fraction of sp³-hybridized carbons (Fsp3) is 0.727. The predicted molar refractivity (Wildman–Crippen MR) is 81.8 cm³/mol. The molecule has 0 saturated carbocycles. The number of rotatable bonds is 9. The fourth-order valence-electron chi connectivity index (χ4n) is 2.17. The highest BCUT2D eigenvalue weighted by Crippen LogP contribution is 2.25. The maximum Gasteiger partial charge on any atom is 0.492 e. The summed E-state index contributed by atoms with van der Waals surface area (Å²) in [5.74, 6) is -6.18. The maximum absolute atomic E-state index is 12.0. The van der Waals surface area contributed by atoms with E-state index in [0.717, 1.165) is 0 Å². The van der Waals surface area contributed by atoms with E-state index in [4.69, 9.17) is 5.11 Å². The van der Waals surface area contributed by atoms with E-state index in [1.54, 1.807) is 0 Å². The van der Waals surface area contributed by atoms with Crippen LogP contribution in [0.2, 0.25) is 0 Å². The Bertz CT molecular complexity index is 726. The second-order valence-electron chi connectivity index (χ2n) is 5.81. The van der Waals surface area contributed by atoms with Crippen LogP contribution in [0.25, 0.3) is 0 Å². The number of likely N-dealkylation sites (tertiary alicyclic amines) is 1. The standard InChI is InChI=1S/C11H16N4O10S/c1-7(10(19)12-2-9(17)18)3-26(24,25)4-8(16)13-5-11(6-13,14(20)21)15(22)23/h7H,2-6H2,1H3,(H,12,19)(H,17,18)/t7-/m0/s1. The maximum atomic E-state index is 12.0. The molecule has 0 spiro atoms. The highest BCUT2D eigenvalue weighted by Gasteiger charge is 2.67. The number of sulfone groups is 1. The summed E-state index contributed by atoms with van der Waals surface area (Å²) in [5.41, 5.74) is -2.54. The number of nitro groups is 2. The fourth-order valence-corrected chi connectivity index (χ4v) is 3.76. The topological polar surface area (TPSA) is 207 Å². The summed E-state index contributed by atoms with van der Waals surface area (Å²) >= 11 is 0. The number of hydrogen-bond donors (Lipinski definition) is 2. The van der Waals surface area contributed by atoms with Gasteiger partial charge < -0.3 is 15.3 Å². The van der Waals surface area contributed by atoms with Gasteiger partial charge in [-0.05, 0) is 0 Å². The first kappa shape index (κ1) is 21.2. The van der Waals surface area contributed by atoms with Crippen molar-refractivity contribution in [3.8, 4) is 0 Å². The Balaban J connectivity index is 2.61. The molecule has 1 saturated heterocycles. The summed E-state index contributed by atoms with van der Waals surface area (Å²) in [6.45, 7) is -1.18. The van der Waals surface area contributed by atoms with Gasteiger partial charge in [0.15, 0.2) is 22.9 Å². The van der Waals surface area contributed by atoms with Gasteiger partial charge >= 0.3 is 11.6 Å². The number of carbonyl (C=O) groups excluding carboxylic acids is 2. The van der Waals surface area contributed by atoms with Gasteiger partial charge in [0.2, 0.25) is 11.8 Å². The van der Waals surface area contributed by atoms with Crippen molar-refractivity contribution in [2.24, 2.45) is 5.92 Å². The molecule has 1 aliphatic heterocycles. The van der Waals surface area contributed by atoms with Gasteiger partial charge in [0.25, 0.3) is 0 Å². The number of carboxylic acids is 1. The van der Waals surface area contributed by atoms with E-state index < -0.39 is 80.2 Å². The molecule has 1 aliphatic rings. The van der Waals surface area contributed by atoms with Crippen molar-refractivity contribution in [2.75, 3.05) is 31.1 Å². The van der Waals surface area contributed by atoms with Crippen LogP contribution in [0.1, 0.15) is 6.92 Å². The van der Waals surface area contributed by atoms with Crippen molar-refractivity contribution in [2.45, 2.75) is 12.6 Å². The lowest BCUT2D eigenvalue weighted by Crippen LogP contribution is -2.71. The van der Waals surface area contributed by atoms with Crippen LogP contribution in [-0.4, -0.2) is 82.9 Å². The van der Waals surface area contributed by atoms with Crippen molar-refractivity contribution < 1.29 is 37.8 Å². The number of carbonyl (C=O) groups is 3. The zero-order valence-corrected chi connectivity index (χ0v) is 14.3. The molecule has 0 radical (unpaired) electrons. The van der Waals surface area contributed by atoms with Crippen LogP contribution >= 0.6 is 0 Å². The summed E-state index contributed by atoms with van der Waals surface area (Å²) in [5, 5.41) is 31.9. The second kappa shape index (κ2) is 7.59. The summed E-state index contributed by atoms with van der Waals surface area (Å²) in [7, 11) is -4.10. The molecule has 146 valence electrons. The Hall–Kier alpha value is -2.84. The number of amides is 2. The molecule has 1 fully saturated rings. The van der Waals surface area contributed by atoms with Gasteiger partial charge in [0.05, 0.1) is 5.75 Å². The lowest BCUT2D eigenvalue weighted by Gasteiger charge is -2.35. The molecule has 0 aliphatic carbocycles. The first-order valence-corrected chi connectivity index (χ1v) is 8.89. The number of aliphatic carboxylic acids is 1. The number of nitrogens with zero attached hydrogens (tertiary/aromatic N) is 3. The Morgan fingerprint density at radius 1 is 1.23 bits per heavy atom. The third-order valence-electron chi connectivity index (χ3n) is 3.63. The number of hydrogen-bond acceptors (Lipinski definition) is 9. The second-order valence-corrected chi connectivity index (χ2v) is 7.92. The Morgan fingerprint density at radius 3 is 2.15 bits per heavy atom. The third kappa shape index (κ3) is 4.84. The van der Waals surface area contributed by atoms with Gasteiger partial charge in [0.1, 0.15) is 22.1 Å². The molecule has 0 aromatic carbocycles. The summed E-state index contributed by atoms with van der Waals surface area (Å²) in [4.78, 5) is 53.7. The molecule has 0 aromatic heterocycles. The van der Waals surface area contributed by atoms with E-state index in [-0.39, 0.29) is 0 Å².